The zero-order chi connectivity index (χ0) is 40.0. The molecule has 0 atom stereocenters. The Balaban J connectivity index is 1.02. The largest absolute Gasteiger partial charge is 0.310 e. The van der Waals surface area contributed by atoms with Crippen LogP contribution < -0.4 is 9.80 Å². The Bertz CT molecular complexity index is 3250. The van der Waals surface area contributed by atoms with Gasteiger partial charge in [-0.25, -0.2) is 0 Å². The zero-order valence-corrected chi connectivity index (χ0v) is 33.9. The Morgan fingerprint density at radius 1 is 0.367 bits per heavy atom. The van der Waals surface area contributed by atoms with Crippen LogP contribution in [0.4, 0.5) is 34.1 Å². The molecule has 284 valence electrons. The molecule has 0 radical (unpaired) electrons. The van der Waals surface area contributed by atoms with Gasteiger partial charge in [0.15, 0.2) is 0 Å². The van der Waals surface area contributed by atoms with E-state index in [-0.39, 0.29) is 0 Å². The smallest absolute Gasteiger partial charge is 0.0726 e. The van der Waals surface area contributed by atoms with Crippen molar-refractivity contribution in [1.82, 2.24) is 4.98 Å². The molecule has 0 spiro atoms. The van der Waals surface area contributed by atoms with Gasteiger partial charge in [0, 0.05) is 49.6 Å². The van der Waals surface area contributed by atoms with Gasteiger partial charge in [0.2, 0.25) is 0 Å². The number of hydrogen-bond donors (Lipinski definition) is 0. The fourth-order valence-corrected chi connectivity index (χ4v) is 9.74. The van der Waals surface area contributed by atoms with Crippen molar-refractivity contribution in [3.63, 3.8) is 0 Å². The third-order valence-corrected chi connectivity index (χ3v) is 12.6. The number of para-hydroxylation sites is 4. The summed E-state index contributed by atoms with van der Waals surface area (Å²) < 4.78 is 1.24. The molecular formula is C56H39N3S. The predicted octanol–water partition coefficient (Wildman–Crippen LogP) is 16.3. The van der Waals surface area contributed by atoms with Crippen molar-refractivity contribution in [2.75, 3.05) is 9.80 Å². The standard InChI is InChI=1S/C56H39N3S/c1-38-22-23-43-35-44(28-31-53(43)57-38)56-55(59(49-18-10-4-11-19-49)50-20-12-5-13-21-50)52-30-27-42(37-54(52)60-56)39-24-25-40-34-46-36-51(29-26-41(46)33-45(40)32-39)58(47-14-6-2-7-15-47)48-16-8-3-9-17-48/h2-37H,1H3. The number of nitrogens with zero attached hydrogens (tertiary/aromatic N) is 3. The maximum atomic E-state index is 4.81. The van der Waals surface area contributed by atoms with Crippen LogP contribution in [0.15, 0.2) is 218 Å². The lowest BCUT2D eigenvalue weighted by Gasteiger charge is -2.26. The zero-order valence-electron chi connectivity index (χ0n) is 33.0. The first-order chi connectivity index (χ1) is 29.6. The van der Waals surface area contributed by atoms with E-state index in [9.17, 15) is 0 Å². The molecule has 4 heteroatoms. The minimum atomic E-state index is 1.01. The van der Waals surface area contributed by atoms with E-state index in [1.54, 1.807) is 0 Å². The Labute approximate surface area is 353 Å². The predicted molar refractivity (Wildman–Crippen MR) is 257 cm³/mol. The second-order valence-corrected chi connectivity index (χ2v) is 16.4. The molecule has 60 heavy (non-hydrogen) atoms. The molecule has 0 saturated carbocycles. The van der Waals surface area contributed by atoms with Crippen LogP contribution in [0.1, 0.15) is 5.69 Å². The number of rotatable bonds is 8. The third kappa shape index (κ3) is 6.54. The Morgan fingerprint density at radius 2 is 0.867 bits per heavy atom. The third-order valence-electron chi connectivity index (χ3n) is 11.4. The minimum Gasteiger partial charge on any atom is -0.310 e. The van der Waals surface area contributed by atoms with Gasteiger partial charge in [0.1, 0.15) is 0 Å². The molecule has 9 aromatic carbocycles. The van der Waals surface area contributed by atoms with Crippen molar-refractivity contribution in [2.45, 2.75) is 6.92 Å². The molecule has 3 nitrogen and oxygen atoms in total. The van der Waals surface area contributed by atoms with Gasteiger partial charge in [-0.05, 0) is 148 Å². The fourth-order valence-electron chi connectivity index (χ4n) is 8.52. The normalized spacial score (nSPS) is 11.4. The van der Waals surface area contributed by atoms with E-state index in [4.69, 9.17) is 4.98 Å². The first-order valence-electron chi connectivity index (χ1n) is 20.4. The highest BCUT2D eigenvalue weighted by Crippen LogP contribution is 2.51. The van der Waals surface area contributed by atoms with Gasteiger partial charge in [0.25, 0.3) is 0 Å². The summed E-state index contributed by atoms with van der Waals surface area (Å²) in [6.45, 7) is 2.05. The number of aromatic nitrogens is 1. The monoisotopic (exact) mass is 785 g/mol. The van der Waals surface area contributed by atoms with E-state index in [1.165, 1.54) is 58.9 Å². The van der Waals surface area contributed by atoms with Gasteiger partial charge in [-0.15, -0.1) is 11.3 Å². The van der Waals surface area contributed by atoms with Crippen LogP contribution in [0.5, 0.6) is 0 Å². The van der Waals surface area contributed by atoms with E-state index < -0.39 is 0 Å². The van der Waals surface area contributed by atoms with Gasteiger partial charge in [0.05, 0.1) is 16.1 Å². The van der Waals surface area contributed by atoms with Crippen molar-refractivity contribution in [3.8, 4) is 21.6 Å². The molecule has 11 rings (SSSR count). The highest BCUT2D eigenvalue weighted by Gasteiger charge is 2.23. The molecule has 2 aromatic heterocycles. The van der Waals surface area contributed by atoms with Gasteiger partial charge < -0.3 is 9.80 Å². The molecule has 0 fully saturated rings. The van der Waals surface area contributed by atoms with Crippen LogP contribution in [0.2, 0.25) is 0 Å². The van der Waals surface area contributed by atoms with Crippen molar-refractivity contribution in [2.24, 2.45) is 0 Å². The fraction of sp³-hybridized carbons (Fsp3) is 0.0179. The highest BCUT2D eigenvalue weighted by molar-refractivity contribution is 7.23. The number of pyridine rings is 1. The lowest BCUT2D eigenvalue weighted by Crippen LogP contribution is -2.10. The Hall–Kier alpha value is -7.53. The van der Waals surface area contributed by atoms with Crippen LogP contribution in [0.25, 0.3) is 64.1 Å². The first-order valence-corrected chi connectivity index (χ1v) is 21.2. The maximum Gasteiger partial charge on any atom is 0.0726 e. The van der Waals surface area contributed by atoms with Crippen molar-refractivity contribution in [1.29, 1.82) is 0 Å². The Kier molecular flexibility index (Phi) is 8.91. The molecule has 0 unspecified atom stereocenters. The molecular weight excluding hydrogens is 747 g/mol. The average Bonchev–Trinajstić information content (AvgIpc) is 3.68. The molecule has 0 aliphatic rings. The van der Waals surface area contributed by atoms with Crippen molar-refractivity contribution < 1.29 is 0 Å². The number of benzene rings is 9. The number of hydrogen-bond acceptors (Lipinski definition) is 4. The molecule has 0 aliphatic heterocycles. The van der Waals surface area contributed by atoms with E-state index in [0.29, 0.717) is 0 Å². The molecule has 0 bridgehead atoms. The number of thiophene rings is 1. The van der Waals surface area contributed by atoms with E-state index in [1.807, 2.05) is 18.3 Å². The van der Waals surface area contributed by atoms with Gasteiger partial charge >= 0.3 is 0 Å². The van der Waals surface area contributed by atoms with Crippen molar-refractivity contribution >= 4 is 88.0 Å². The second kappa shape index (κ2) is 15.0. The molecule has 0 N–H and O–H groups in total. The van der Waals surface area contributed by atoms with Crippen molar-refractivity contribution in [3.05, 3.63) is 224 Å². The molecule has 11 aromatic rings. The van der Waals surface area contributed by atoms with Crippen LogP contribution >= 0.6 is 11.3 Å². The summed E-state index contributed by atoms with van der Waals surface area (Å²) in [5.74, 6) is 0. The summed E-state index contributed by atoms with van der Waals surface area (Å²) in [5.41, 5.74) is 12.4. The quantitative estimate of drug-likeness (QED) is 0.143. The van der Waals surface area contributed by atoms with Crippen LogP contribution in [-0.4, -0.2) is 4.98 Å². The summed E-state index contributed by atoms with van der Waals surface area (Å²) in [7, 11) is 0. The lowest BCUT2D eigenvalue weighted by molar-refractivity contribution is 1.26. The lowest BCUT2D eigenvalue weighted by atomic mass is 9.97. The Morgan fingerprint density at radius 3 is 1.50 bits per heavy atom. The minimum absolute atomic E-state index is 1.01. The molecule has 2 heterocycles. The van der Waals surface area contributed by atoms with Crippen LogP contribution in [0, 0.1) is 6.92 Å². The molecule has 0 amide bonds. The summed E-state index contributed by atoms with van der Waals surface area (Å²) in [6, 6.07) is 78.9. The van der Waals surface area contributed by atoms with Crippen LogP contribution in [0.3, 0.4) is 0 Å². The van der Waals surface area contributed by atoms with Crippen LogP contribution in [-0.2, 0) is 0 Å². The molecule has 0 aliphatic carbocycles. The summed E-state index contributed by atoms with van der Waals surface area (Å²) >= 11 is 1.85. The number of aryl methyl sites for hydroxylation is 1. The summed E-state index contributed by atoms with van der Waals surface area (Å²) in [4.78, 5) is 10.8. The highest BCUT2D eigenvalue weighted by atomic mass is 32.1. The van der Waals surface area contributed by atoms with Gasteiger partial charge in [-0.1, -0.05) is 115 Å². The number of anilines is 6. The van der Waals surface area contributed by atoms with E-state index in [2.05, 4.69) is 228 Å². The summed E-state index contributed by atoms with van der Waals surface area (Å²) in [5, 5.41) is 7.23. The summed E-state index contributed by atoms with van der Waals surface area (Å²) in [6.07, 6.45) is 0. The molecule has 0 saturated heterocycles. The second-order valence-electron chi connectivity index (χ2n) is 15.3. The van der Waals surface area contributed by atoms with Gasteiger partial charge in [-0.3, -0.25) is 4.98 Å². The SMILES string of the molecule is Cc1ccc2cc(-c3sc4cc(-c5ccc6cc7cc(N(c8ccccc8)c8ccccc8)ccc7cc6c5)ccc4c3N(c3ccccc3)c3ccccc3)ccc2n1. The maximum absolute atomic E-state index is 4.81. The topological polar surface area (TPSA) is 19.4 Å². The van der Waals surface area contributed by atoms with E-state index >= 15 is 0 Å². The average molecular weight is 786 g/mol. The number of fused-ring (bicyclic) bond motifs is 4. The van der Waals surface area contributed by atoms with E-state index in [0.717, 1.165) is 45.0 Å². The van der Waals surface area contributed by atoms with Gasteiger partial charge in [-0.2, -0.15) is 0 Å². The first kappa shape index (κ1) is 35.6.